The van der Waals surface area contributed by atoms with Crippen LogP contribution in [-0.4, -0.2) is 11.3 Å². The molecule has 0 saturated heterocycles. The van der Waals surface area contributed by atoms with Crippen LogP contribution in [0.3, 0.4) is 0 Å². The van der Waals surface area contributed by atoms with Gasteiger partial charge in [-0.15, -0.1) is 11.6 Å². The van der Waals surface area contributed by atoms with Crippen molar-refractivity contribution < 1.29 is 9.18 Å². The lowest BCUT2D eigenvalue weighted by Crippen LogP contribution is -2.20. The molecule has 0 bridgehead atoms. The number of benzene rings is 1. The first kappa shape index (κ1) is 9.99. The number of nitrogens with one attached hydrogen (secondary N) is 1. The first-order chi connectivity index (χ1) is 6.09. The standard InChI is InChI=1S/C9H9ClFNO/c1-6(10)9(13)12-8-4-2-7(11)3-5-8/h2-6H,1H3,(H,12,13). The van der Waals surface area contributed by atoms with Crippen molar-refractivity contribution in [2.24, 2.45) is 0 Å². The molecule has 0 aliphatic heterocycles. The minimum atomic E-state index is -0.593. The van der Waals surface area contributed by atoms with Crippen LogP contribution in [0.25, 0.3) is 0 Å². The van der Waals surface area contributed by atoms with Crippen LogP contribution in [0.15, 0.2) is 24.3 Å². The predicted molar refractivity (Wildman–Crippen MR) is 50.3 cm³/mol. The Morgan fingerprint density at radius 2 is 2.00 bits per heavy atom. The summed E-state index contributed by atoms with van der Waals surface area (Å²) < 4.78 is 12.4. The summed E-state index contributed by atoms with van der Waals surface area (Å²) in [7, 11) is 0. The third kappa shape index (κ3) is 3.03. The average Bonchev–Trinajstić information content (AvgIpc) is 2.08. The van der Waals surface area contributed by atoms with Gasteiger partial charge in [-0.1, -0.05) is 0 Å². The fourth-order valence-corrected chi connectivity index (χ4v) is 0.829. The molecule has 0 aliphatic rings. The molecule has 1 unspecified atom stereocenters. The summed E-state index contributed by atoms with van der Waals surface area (Å²) in [5, 5.41) is 1.94. The van der Waals surface area contributed by atoms with E-state index in [0.29, 0.717) is 5.69 Å². The highest BCUT2D eigenvalue weighted by atomic mass is 35.5. The molecule has 0 spiro atoms. The summed E-state index contributed by atoms with van der Waals surface area (Å²) in [6.07, 6.45) is 0. The van der Waals surface area contributed by atoms with Crippen molar-refractivity contribution in [1.82, 2.24) is 0 Å². The number of anilines is 1. The van der Waals surface area contributed by atoms with E-state index < -0.39 is 5.38 Å². The quantitative estimate of drug-likeness (QED) is 0.732. The Kier molecular flexibility index (Phi) is 3.25. The van der Waals surface area contributed by atoms with Gasteiger partial charge in [-0.3, -0.25) is 4.79 Å². The van der Waals surface area contributed by atoms with E-state index in [4.69, 9.17) is 11.6 Å². The number of halogens is 2. The number of alkyl halides is 1. The lowest BCUT2D eigenvalue weighted by molar-refractivity contribution is -0.115. The summed E-state index contributed by atoms with van der Waals surface area (Å²) >= 11 is 5.52. The summed E-state index contributed by atoms with van der Waals surface area (Å²) in [6, 6.07) is 5.50. The second-order valence-corrected chi connectivity index (χ2v) is 3.27. The molecule has 1 amide bonds. The normalized spacial score (nSPS) is 12.2. The van der Waals surface area contributed by atoms with Gasteiger partial charge >= 0.3 is 0 Å². The molecule has 2 nitrogen and oxygen atoms in total. The van der Waals surface area contributed by atoms with Gasteiger partial charge in [0.2, 0.25) is 5.91 Å². The van der Waals surface area contributed by atoms with Crippen LogP contribution in [0.2, 0.25) is 0 Å². The van der Waals surface area contributed by atoms with Crippen LogP contribution in [-0.2, 0) is 4.79 Å². The van der Waals surface area contributed by atoms with E-state index in [1.807, 2.05) is 0 Å². The molecular formula is C9H9ClFNO. The summed E-state index contributed by atoms with van der Waals surface area (Å²) in [6.45, 7) is 1.57. The van der Waals surface area contributed by atoms with E-state index in [1.165, 1.54) is 24.3 Å². The van der Waals surface area contributed by atoms with Gasteiger partial charge in [0, 0.05) is 5.69 Å². The van der Waals surface area contributed by atoms with Crippen molar-refractivity contribution in [3.8, 4) is 0 Å². The van der Waals surface area contributed by atoms with Gasteiger partial charge in [0.15, 0.2) is 0 Å². The van der Waals surface area contributed by atoms with Gasteiger partial charge in [-0.25, -0.2) is 4.39 Å². The minimum absolute atomic E-state index is 0.298. The number of hydrogen-bond donors (Lipinski definition) is 1. The van der Waals surface area contributed by atoms with Crippen LogP contribution < -0.4 is 5.32 Å². The lowest BCUT2D eigenvalue weighted by atomic mass is 10.3. The molecule has 0 heterocycles. The Morgan fingerprint density at radius 3 is 2.46 bits per heavy atom. The highest BCUT2D eigenvalue weighted by molar-refractivity contribution is 6.32. The third-order valence-corrected chi connectivity index (χ3v) is 1.67. The highest BCUT2D eigenvalue weighted by Gasteiger charge is 2.08. The Hall–Kier alpha value is -1.09. The van der Waals surface area contributed by atoms with Crippen molar-refractivity contribution in [3.63, 3.8) is 0 Å². The van der Waals surface area contributed by atoms with E-state index in [2.05, 4.69) is 5.32 Å². The fraction of sp³-hybridized carbons (Fsp3) is 0.222. The smallest absolute Gasteiger partial charge is 0.242 e. The lowest BCUT2D eigenvalue weighted by Gasteiger charge is -2.05. The molecule has 1 N–H and O–H groups in total. The molecule has 1 rings (SSSR count). The van der Waals surface area contributed by atoms with Gasteiger partial charge < -0.3 is 5.32 Å². The number of carbonyl (C=O) groups is 1. The topological polar surface area (TPSA) is 29.1 Å². The van der Waals surface area contributed by atoms with Gasteiger partial charge in [0.25, 0.3) is 0 Å². The van der Waals surface area contributed by atoms with Crippen LogP contribution in [0.4, 0.5) is 10.1 Å². The summed E-state index contributed by atoms with van der Waals surface area (Å²) in [4.78, 5) is 11.1. The van der Waals surface area contributed by atoms with Crippen molar-refractivity contribution in [2.45, 2.75) is 12.3 Å². The molecule has 13 heavy (non-hydrogen) atoms. The molecule has 4 heteroatoms. The highest BCUT2D eigenvalue weighted by Crippen LogP contribution is 2.09. The van der Waals surface area contributed by atoms with Gasteiger partial charge in [-0.05, 0) is 31.2 Å². The maximum Gasteiger partial charge on any atom is 0.242 e. The third-order valence-electron chi connectivity index (χ3n) is 1.47. The van der Waals surface area contributed by atoms with Crippen molar-refractivity contribution >= 4 is 23.2 Å². The molecule has 1 aromatic carbocycles. The first-order valence-corrected chi connectivity index (χ1v) is 4.24. The van der Waals surface area contributed by atoms with E-state index >= 15 is 0 Å². The molecule has 0 saturated carbocycles. The Balaban J connectivity index is 2.65. The van der Waals surface area contributed by atoms with E-state index in [9.17, 15) is 9.18 Å². The fourth-order valence-electron chi connectivity index (χ4n) is 0.775. The van der Waals surface area contributed by atoms with Gasteiger partial charge in [0.05, 0.1) is 0 Å². The molecule has 70 valence electrons. The van der Waals surface area contributed by atoms with Crippen molar-refractivity contribution in [3.05, 3.63) is 30.1 Å². The Labute approximate surface area is 80.7 Å². The van der Waals surface area contributed by atoms with Gasteiger partial charge in [0.1, 0.15) is 11.2 Å². The van der Waals surface area contributed by atoms with E-state index in [-0.39, 0.29) is 11.7 Å². The summed E-state index contributed by atoms with van der Waals surface area (Å²) in [5.41, 5.74) is 0.541. The van der Waals surface area contributed by atoms with Gasteiger partial charge in [-0.2, -0.15) is 0 Å². The monoisotopic (exact) mass is 201 g/mol. The second kappa shape index (κ2) is 4.23. The molecule has 1 atom stereocenters. The minimum Gasteiger partial charge on any atom is -0.325 e. The zero-order chi connectivity index (χ0) is 9.84. The zero-order valence-electron chi connectivity index (χ0n) is 7.05. The first-order valence-electron chi connectivity index (χ1n) is 3.80. The number of amides is 1. The Morgan fingerprint density at radius 1 is 1.46 bits per heavy atom. The number of carbonyl (C=O) groups excluding carboxylic acids is 1. The van der Waals surface area contributed by atoms with Crippen LogP contribution in [0.5, 0.6) is 0 Å². The zero-order valence-corrected chi connectivity index (χ0v) is 7.81. The van der Waals surface area contributed by atoms with Crippen molar-refractivity contribution in [2.75, 3.05) is 5.32 Å². The van der Waals surface area contributed by atoms with E-state index in [1.54, 1.807) is 6.92 Å². The van der Waals surface area contributed by atoms with Crippen LogP contribution in [0, 0.1) is 5.82 Å². The largest absolute Gasteiger partial charge is 0.325 e. The van der Waals surface area contributed by atoms with Crippen LogP contribution >= 0.6 is 11.6 Å². The number of hydrogen-bond acceptors (Lipinski definition) is 1. The molecular weight excluding hydrogens is 193 g/mol. The second-order valence-electron chi connectivity index (χ2n) is 2.61. The number of rotatable bonds is 2. The average molecular weight is 202 g/mol. The van der Waals surface area contributed by atoms with E-state index in [0.717, 1.165) is 0 Å². The predicted octanol–water partition coefficient (Wildman–Crippen LogP) is 2.39. The SMILES string of the molecule is CC(Cl)C(=O)Nc1ccc(F)cc1. The Bertz CT molecular complexity index is 297. The van der Waals surface area contributed by atoms with Crippen LogP contribution in [0.1, 0.15) is 6.92 Å². The molecule has 1 aromatic rings. The molecule has 0 aliphatic carbocycles. The molecule has 0 aromatic heterocycles. The maximum absolute atomic E-state index is 12.4. The summed E-state index contributed by atoms with van der Waals surface area (Å²) in [5.74, 6) is -0.634. The van der Waals surface area contributed by atoms with Crippen molar-refractivity contribution in [1.29, 1.82) is 0 Å². The molecule has 0 fully saturated rings. The molecule has 0 radical (unpaired) electrons. The maximum atomic E-state index is 12.4.